The minimum atomic E-state index is -1.07. The van der Waals surface area contributed by atoms with Crippen LogP contribution in [0, 0.1) is 0 Å². The van der Waals surface area contributed by atoms with Crippen molar-refractivity contribution >= 4 is 79.4 Å². The number of carbonyl (C=O) groups excluding carboxylic acids is 1. The van der Waals surface area contributed by atoms with Crippen molar-refractivity contribution in [2.24, 2.45) is 0 Å². The van der Waals surface area contributed by atoms with Gasteiger partial charge in [-0.15, -0.1) is 11.3 Å². The van der Waals surface area contributed by atoms with E-state index in [2.05, 4.69) is 80.4 Å². The smallest absolute Gasteiger partial charge is 0.337 e. The second-order valence-corrected chi connectivity index (χ2v) is 12.4. The number of benzene rings is 4. The summed E-state index contributed by atoms with van der Waals surface area (Å²) in [6.07, 6.45) is 3.18. The van der Waals surface area contributed by atoms with Crippen molar-refractivity contribution in [3.05, 3.63) is 154 Å². The van der Waals surface area contributed by atoms with E-state index in [0.29, 0.717) is 17.1 Å². The van der Waals surface area contributed by atoms with Gasteiger partial charge in [0.25, 0.3) is 5.91 Å². The molecule has 6 aromatic rings. The molecule has 0 radical (unpaired) electrons. The number of hydrogen-bond donors (Lipinski definition) is 1. The number of pyridine rings is 1. The van der Waals surface area contributed by atoms with Crippen LogP contribution in [0.3, 0.4) is 0 Å². The molecule has 0 fully saturated rings. The molecule has 1 N–H and O–H groups in total. The van der Waals surface area contributed by atoms with Crippen LogP contribution in [-0.2, 0) is 4.79 Å². The lowest BCUT2D eigenvalue weighted by molar-refractivity contribution is -0.112. The summed E-state index contributed by atoms with van der Waals surface area (Å²) in [5, 5.41) is 9.27. The first kappa shape index (κ1) is 28.5. The largest absolute Gasteiger partial charge is 0.478 e. The third-order valence-corrected chi connectivity index (χ3v) is 9.07. The van der Waals surface area contributed by atoms with Gasteiger partial charge in [0, 0.05) is 43.0 Å². The summed E-state index contributed by atoms with van der Waals surface area (Å²) >= 11 is 5.15. The van der Waals surface area contributed by atoms with Crippen LogP contribution in [0.1, 0.15) is 20.8 Å². The Kier molecular flexibility index (Phi) is 7.59. The first-order valence-electron chi connectivity index (χ1n) is 14.1. The number of carboxylic acid groups (broad SMARTS) is 1. The zero-order valence-electron chi connectivity index (χ0n) is 23.7. The molecular formula is C37H24BrN3O3S. The van der Waals surface area contributed by atoms with Crippen molar-refractivity contribution in [1.82, 2.24) is 4.98 Å². The van der Waals surface area contributed by atoms with E-state index in [0.717, 1.165) is 42.4 Å². The maximum Gasteiger partial charge on any atom is 0.337 e. The quantitative estimate of drug-likeness (QED) is 0.171. The molecule has 0 saturated heterocycles. The second-order valence-electron chi connectivity index (χ2n) is 10.3. The Morgan fingerprint density at radius 3 is 2.09 bits per heavy atom. The molecule has 4 aromatic carbocycles. The Balaban J connectivity index is 1.19. The highest BCUT2D eigenvalue weighted by atomic mass is 79.9. The predicted octanol–water partition coefficient (Wildman–Crippen LogP) is 9.96. The van der Waals surface area contributed by atoms with Gasteiger partial charge in [-0.05, 0) is 90.5 Å². The number of fused-ring (bicyclic) bond motifs is 1. The van der Waals surface area contributed by atoms with Crippen molar-refractivity contribution in [3.63, 3.8) is 0 Å². The van der Waals surface area contributed by atoms with Gasteiger partial charge in [0.1, 0.15) is 5.82 Å². The van der Waals surface area contributed by atoms with Gasteiger partial charge < -0.3 is 10.0 Å². The van der Waals surface area contributed by atoms with Gasteiger partial charge in [0.05, 0.1) is 16.8 Å². The number of aromatic nitrogens is 1. The fraction of sp³-hybridized carbons (Fsp3) is 0. The third kappa shape index (κ3) is 5.57. The Hall–Kier alpha value is -5.31. The molecule has 2 aromatic heterocycles. The van der Waals surface area contributed by atoms with Gasteiger partial charge in [0.2, 0.25) is 0 Å². The zero-order valence-corrected chi connectivity index (χ0v) is 26.1. The van der Waals surface area contributed by atoms with Crippen molar-refractivity contribution in [2.75, 3.05) is 9.80 Å². The molecule has 3 heterocycles. The standard InChI is InChI=1S/C37H24BrN3O3S/c38-26-14-18-33-31(21-26)32(36(42)41(33)35-20-13-25(23-39-35)37(43)44)22-30-17-19-34(45-30)24-11-15-29(16-12-24)40(27-7-3-1-4-8-27)28-9-5-2-6-10-28/h1-23H,(H,43,44)/b32-22-. The Morgan fingerprint density at radius 2 is 1.47 bits per heavy atom. The summed E-state index contributed by atoms with van der Waals surface area (Å²) in [5.74, 6) is -0.927. The number of nitrogens with zero attached hydrogens (tertiary/aromatic N) is 3. The van der Waals surface area contributed by atoms with E-state index in [1.54, 1.807) is 17.4 Å². The van der Waals surface area contributed by atoms with Crippen LogP contribution in [0.15, 0.2) is 138 Å². The van der Waals surface area contributed by atoms with E-state index in [-0.39, 0.29) is 11.5 Å². The number of aromatic carboxylic acids is 1. The fourth-order valence-corrected chi connectivity index (χ4v) is 6.70. The average molecular weight is 671 g/mol. The fourth-order valence-electron chi connectivity index (χ4n) is 5.38. The molecule has 8 heteroatoms. The first-order chi connectivity index (χ1) is 22.0. The SMILES string of the molecule is O=C(O)c1ccc(N2C(=O)/C(=C\c3ccc(-c4ccc(N(c5ccccc5)c5ccccc5)cc4)s3)c3cc(Br)ccc32)nc1. The molecule has 0 saturated carbocycles. The number of carboxylic acids is 1. The molecule has 1 aliphatic heterocycles. The summed E-state index contributed by atoms with van der Waals surface area (Å²) in [7, 11) is 0. The number of rotatable bonds is 7. The maximum atomic E-state index is 13.8. The lowest BCUT2D eigenvalue weighted by Gasteiger charge is -2.25. The highest BCUT2D eigenvalue weighted by Crippen LogP contribution is 2.44. The Bertz CT molecular complexity index is 2020. The number of amides is 1. The summed E-state index contributed by atoms with van der Waals surface area (Å²) in [6.45, 7) is 0. The summed E-state index contributed by atoms with van der Waals surface area (Å²) in [6, 6.07) is 41.9. The van der Waals surface area contributed by atoms with Crippen LogP contribution >= 0.6 is 27.3 Å². The molecule has 0 spiro atoms. The van der Waals surface area contributed by atoms with Gasteiger partial charge in [-0.2, -0.15) is 0 Å². The van der Waals surface area contributed by atoms with Crippen LogP contribution in [0.5, 0.6) is 0 Å². The van der Waals surface area contributed by atoms with E-state index in [4.69, 9.17) is 0 Å². The van der Waals surface area contributed by atoms with Crippen LogP contribution in [-0.4, -0.2) is 22.0 Å². The highest BCUT2D eigenvalue weighted by molar-refractivity contribution is 9.10. The molecule has 0 bridgehead atoms. The topological polar surface area (TPSA) is 73.7 Å². The van der Waals surface area contributed by atoms with Crippen LogP contribution in [0.4, 0.5) is 28.6 Å². The van der Waals surface area contributed by atoms with E-state index < -0.39 is 5.97 Å². The minimum absolute atomic E-state index is 0.0594. The molecule has 1 amide bonds. The number of para-hydroxylation sites is 2. The second kappa shape index (κ2) is 12.0. The van der Waals surface area contributed by atoms with E-state index in [1.165, 1.54) is 17.2 Å². The Morgan fingerprint density at radius 1 is 0.800 bits per heavy atom. The predicted molar refractivity (Wildman–Crippen MR) is 185 cm³/mol. The van der Waals surface area contributed by atoms with Gasteiger partial charge >= 0.3 is 5.97 Å². The molecule has 218 valence electrons. The molecule has 1 aliphatic rings. The average Bonchev–Trinajstić information content (AvgIpc) is 3.65. The van der Waals surface area contributed by atoms with Gasteiger partial charge in [-0.3, -0.25) is 9.69 Å². The molecule has 6 nitrogen and oxygen atoms in total. The maximum absolute atomic E-state index is 13.8. The number of thiophene rings is 1. The number of hydrogen-bond acceptors (Lipinski definition) is 5. The zero-order chi connectivity index (χ0) is 30.9. The lowest BCUT2D eigenvalue weighted by atomic mass is 10.1. The molecular weight excluding hydrogens is 646 g/mol. The van der Waals surface area contributed by atoms with Gasteiger partial charge in [0.15, 0.2) is 0 Å². The van der Waals surface area contributed by atoms with Crippen LogP contribution in [0.25, 0.3) is 22.1 Å². The van der Waals surface area contributed by atoms with Gasteiger partial charge in [-0.1, -0.05) is 64.5 Å². The number of anilines is 5. The van der Waals surface area contributed by atoms with E-state index >= 15 is 0 Å². The van der Waals surface area contributed by atoms with Crippen molar-refractivity contribution in [2.45, 2.75) is 0 Å². The molecule has 7 rings (SSSR count). The van der Waals surface area contributed by atoms with E-state index in [9.17, 15) is 14.7 Å². The van der Waals surface area contributed by atoms with Crippen molar-refractivity contribution < 1.29 is 14.7 Å². The molecule has 0 atom stereocenters. The summed E-state index contributed by atoms with van der Waals surface area (Å²) < 4.78 is 0.850. The molecule has 45 heavy (non-hydrogen) atoms. The van der Waals surface area contributed by atoms with Crippen LogP contribution < -0.4 is 9.80 Å². The summed E-state index contributed by atoms with van der Waals surface area (Å²) in [4.78, 5) is 35.2. The van der Waals surface area contributed by atoms with E-state index in [1.807, 2.05) is 66.7 Å². The van der Waals surface area contributed by atoms with Gasteiger partial charge in [-0.25, -0.2) is 9.78 Å². The summed E-state index contributed by atoms with van der Waals surface area (Å²) in [5.41, 5.74) is 6.37. The van der Waals surface area contributed by atoms with Crippen molar-refractivity contribution in [1.29, 1.82) is 0 Å². The third-order valence-electron chi connectivity index (χ3n) is 7.50. The monoisotopic (exact) mass is 669 g/mol. The first-order valence-corrected chi connectivity index (χ1v) is 15.7. The Labute approximate surface area is 272 Å². The van der Waals surface area contributed by atoms with Crippen molar-refractivity contribution in [3.8, 4) is 10.4 Å². The minimum Gasteiger partial charge on any atom is -0.478 e. The normalized spacial score (nSPS) is 13.2. The molecule has 0 aliphatic carbocycles. The van der Waals surface area contributed by atoms with Crippen LogP contribution in [0.2, 0.25) is 0 Å². The number of halogens is 1. The number of carbonyl (C=O) groups is 2. The molecule has 0 unspecified atom stereocenters. The lowest BCUT2D eigenvalue weighted by Crippen LogP contribution is -2.21. The highest BCUT2D eigenvalue weighted by Gasteiger charge is 2.34.